The third-order valence-electron chi connectivity index (χ3n) is 8.07. The zero-order chi connectivity index (χ0) is 30.1. The number of benzene rings is 2. The Morgan fingerprint density at radius 1 is 0.881 bits per heavy atom. The molecule has 4 bridgehead atoms. The Kier molecular flexibility index (Phi) is 11.4. The molecular formula is C32H43FN2O7. The second kappa shape index (κ2) is 15.2. The first-order valence-corrected chi connectivity index (χ1v) is 14.8. The minimum absolute atomic E-state index is 0.00674. The quantitative estimate of drug-likeness (QED) is 0.469. The van der Waals surface area contributed by atoms with E-state index in [4.69, 9.17) is 23.7 Å². The van der Waals surface area contributed by atoms with Crippen molar-refractivity contribution in [2.24, 2.45) is 0 Å². The topological polar surface area (TPSA) is 86.8 Å². The lowest BCUT2D eigenvalue weighted by Gasteiger charge is -2.25. The van der Waals surface area contributed by atoms with Gasteiger partial charge in [-0.25, -0.2) is 14.0 Å². The highest BCUT2D eigenvalue weighted by atomic mass is 19.1. The highest BCUT2D eigenvalue weighted by Gasteiger charge is 2.24. The number of ether oxygens (including phenoxy) is 5. The number of fused-ring (bicyclic) bond motifs is 5. The summed E-state index contributed by atoms with van der Waals surface area (Å²) in [6, 6.07) is 6.16. The van der Waals surface area contributed by atoms with E-state index < -0.39 is 23.9 Å². The molecule has 230 valence electrons. The molecule has 0 aliphatic carbocycles. The second-order valence-corrected chi connectivity index (χ2v) is 10.9. The molecule has 1 fully saturated rings. The van der Waals surface area contributed by atoms with Crippen LogP contribution in [0.4, 0.5) is 4.39 Å². The summed E-state index contributed by atoms with van der Waals surface area (Å²) in [6.45, 7) is 9.54. The number of carbonyl (C=O) groups excluding carboxylic acids is 2. The van der Waals surface area contributed by atoms with E-state index in [1.165, 1.54) is 20.3 Å². The Labute approximate surface area is 247 Å². The van der Waals surface area contributed by atoms with Crippen LogP contribution in [0.3, 0.4) is 0 Å². The van der Waals surface area contributed by atoms with Crippen molar-refractivity contribution in [2.75, 3.05) is 66.7 Å². The van der Waals surface area contributed by atoms with Gasteiger partial charge >= 0.3 is 11.9 Å². The molecule has 2 aliphatic heterocycles. The molecule has 0 saturated carbocycles. The van der Waals surface area contributed by atoms with E-state index in [1.807, 2.05) is 6.92 Å². The Hall–Kier alpha value is -3.37. The van der Waals surface area contributed by atoms with Gasteiger partial charge in [0, 0.05) is 26.2 Å². The van der Waals surface area contributed by atoms with E-state index in [1.54, 1.807) is 25.1 Å². The van der Waals surface area contributed by atoms with Gasteiger partial charge < -0.3 is 33.5 Å². The molecular weight excluding hydrogens is 543 g/mol. The molecule has 3 atom stereocenters. The summed E-state index contributed by atoms with van der Waals surface area (Å²) in [4.78, 5) is 30.8. The maximum Gasteiger partial charge on any atom is 0.341 e. The van der Waals surface area contributed by atoms with Crippen LogP contribution in [0.5, 0.6) is 17.2 Å². The maximum atomic E-state index is 14.7. The lowest BCUT2D eigenvalue weighted by atomic mass is 10.0. The number of nitrogens with zero attached hydrogens (tertiary/aromatic N) is 2. The van der Waals surface area contributed by atoms with Crippen molar-refractivity contribution >= 4 is 11.9 Å². The monoisotopic (exact) mass is 586 g/mol. The second-order valence-electron chi connectivity index (χ2n) is 10.9. The predicted molar refractivity (Wildman–Crippen MR) is 156 cm³/mol. The number of hydrogen-bond acceptors (Lipinski definition) is 9. The summed E-state index contributed by atoms with van der Waals surface area (Å²) < 4.78 is 43.2. The summed E-state index contributed by atoms with van der Waals surface area (Å²) in [5, 5.41) is 0. The fourth-order valence-electron chi connectivity index (χ4n) is 5.49. The van der Waals surface area contributed by atoms with Crippen LogP contribution in [-0.4, -0.2) is 94.5 Å². The van der Waals surface area contributed by atoms with Crippen molar-refractivity contribution < 1.29 is 37.7 Å². The first-order chi connectivity index (χ1) is 20.3. The molecule has 0 aromatic heterocycles. The number of halogens is 1. The van der Waals surface area contributed by atoms with Crippen LogP contribution >= 0.6 is 0 Å². The number of methoxy groups -OCH3 is 2. The number of carbonyl (C=O) groups is 2. The van der Waals surface area contributed by atoms with Crippen LogP contribution in [0, 0.1) is 19.7 Å². The number of hydrogen-bond donors (Lipinski definition) is 0. The summed E-state index contributed by atoms with van der Waals surface area (Å²) in [7, 11) is 3.01. The molecule has 4 rings (SSSR count). The van der Waals surface area contributed by atoms with Crippen molar-refractivity contribution in [3.05, 3.63) is 52.3 Å². The van der Waals surface area contributed by atoms with E-state index in [0.717, 1.165) is 57.7 Å². The van der Waals surface area contributed by atoms with Crippen LogP contribution in [0.15, 0.2) is 24.3 Å². The molecule has 2 heterocycles. The average molecular weight is 587 g/mol. The SMILES string of the molecule is COc1cc2cc(c1OC)OCCCC(OC(=O)c1c(F)ccc(C)c1C)CCN1CCCN(CCCOC2=O)CC1. The minimum Gasteiger partial charge on any atom is -0.493 e. The first-order valence-electron chi connectivity index (χ1n) is 14.8. The van der Waals surface area contributed by atoms with Crippen LogP contribution in [0.1, 0.15) is 63.9 Å². The summed E-state index contributed by atoms with van der Waals surface area (Å²) >= 11 is 0. The lowest BCUT2D eigenvalue weighted by molar-refractivity contribution is 0.0215. The van der Waals surface area contributed by atoms with E-state index in [-0.39, 0.29) is 12.2 Å². The maximum absolute atomic E-state index is 14.7. The fourth-order valence-corrected chi connectivity index (χ4v) is 5.49. The number of esters is 2. The molecule has 42 heavy (non-hydrogen) atoms. The third-order valence-corrected chi connectivity index (χ3v) is 8.07. The van der Waals surface area contributed by atoms with E-state index in [9.17, 15) is 14.0 Å². The molecule has 0 N–H and O–H groups in total. The Morgan fingerprint density at radius 2 is 1.60 bits per heavy atom. The molecule has 0 spiro atoms. The largest absolute Gasteiger partial charge is 0.493 e. The van der Waals surface area contributed by atoms with Crippen LogP contribution in [-0.2, 0) is 9.47 Å². The van der Waals surface area contributed by atoms with Gasteiger partial charge in [-0.2, -0.15) is 0 Å². The van der Waals surface area contributed by atoms with Gasteiger partial charge in [0.2, 0.25) is 5.75 Å². The lowest BCUT2D eigenvalue weighted by Crippen LogP contribution is -2.34. The van der Waals surface area contributed by atoms with Gasteiger partial charge in [0.25, 0.3) is 0 Å². The Balaban J connectivity index is 1.54. The van der Waals surface area contributed by atoms with Crippen LogP contribution < -0.4 is 14.2 Å². The van der Waals surface area contributed by atoms with Gasteiger partial charge in [0.05, 0.1) is 38.6 Å². The summed E-state index contributed by atoms with van der Waals surface area (Å²) in [5.41, 5.74) is 1.73. The Morgan fingerprint density at radius 3 is 2.33 bits per heavy atom. The molecule has 1 saturated heterocycles. The minimum atomic E-state index is -0.641. The molecule has 0 amide bonds. The normalized spacial score (nSPS) is 22.4. The van der Waals surface area contributed by atoms with Gasteiger partial charge in [-0.15, -0.1) is 0 Å². The number of cyclic esters (lactones) is 1. The van der Waals surface area contributed by atoms with E-state index in [0.29, 0.717) is 54.2 Å². The van der Waals surface area contributed by atoms with Gasteiger partial charge in [-0.1, -0.05) is 6.07 Å². The molecule has 2 aromatic carbocycles. The standard InChI is InChI=1S/C32H43FN2O7/c1-22-9-10-26(33)29(23(22)2)32(37)42-25-8-5-18-40-28-21-24(20-27(38-3)30(28)39-4)31(36)41-19-7-14-34-12-6-13-35(15-11-25)17-16-34/h9-10,20-21,25H,5-8,11-19H2,1-4H3. The number of rotatable bonds is 4. The van der Waals surface area contributed by atoms with E-state index >= 15 is 0 Å². The highest BCUT2D eigenvalue weighted by Crippen LogP contribution is 2.39. The molecule has 0 radical (unpaired) electrons. The van der Waals surface area contributed by atoms with Gasteiger partial charge in [-0.3, -0.25) is 0 Å². The highest BCUT2D eigenvalue weighted by molar-refractivity contribution is 5.92. The van der Waals surface area contributed by atoms with Crippen molar-refractivity contribution in [2.45, 2.75) is 52.1 Å². The third kappa shape index (κ3) is 8.13. The predicted octanol–water partition coefficient (Wildman–Crippen LogP) is 4.80. The first kappa shape index (κ1) is 31.6. The van der Waals surface area contributed by atoms with Gasteiger partial charge in [0.15, 0.2) is 11.5 Å². The molecule has 3 unspecified atom stereocenters. The Bertz CT molecular complexity index is 1240. The van der Waals surface area contributed by atoms with E-state index in [2.05, 4.69) is 9.80 Å². The van der Waals surface area contributed by atoms with Crippen LogP contribution in [0.25, 0.3) is 0 Å². The fraction of sp³-hybridized carbons (Fsp3) is 0.562. The van der Waals surface area contributed by atoms with Crippen molar-refractivity contribution in [3.63, 3.8) is 0 Å². The molecule has 2 aromatic rings. The number of aryl methyl sites for hydroxylation is 1. The zero-order valence-electron chi connectivity index (χ0n) is 25.2. The van der Waals surface area contributed by atoms with Crippen LogP contribution in [0.2, 0.25) is 0 Å². The average Bonchev–Trinajstić information content (AvgIpc) is 3.22. The summed E-state index contributed by atoms with van der Waals surface area (Å²) in [5.74, 6) is -0.566. The van der Waals surface area contributed by atoms with Crippen molar-refractivity contribution in [3.8, 4) is 17.2 Å². The van der Waals surface area contributed by atoms with Gasteiger partial charge in [0.1, 0.15) is 11.9 Å². The molecule has 10 heteroatoms. The summed E-state index contributed by atoms with van der Waals surface area (Å²) in [6.07, 6.45) is 3.06. The smallest absolute Gasteiger partial charge is 0.341 e. The zero-order valence-corrected chi connectivity index (χ0v) is 25.2. The van der Waals surface area contributed by atoms with Gasteiger partial charge in [-0.05, 0) is 88.4 Å². The molecule has 2 aliphatic rings. The molecule has 9 nitrogen and oxygen atoms in total. The van der Waals surface area contributed by atoms with Crippen molar-refractivity contribution in [1.82, 2.24) is 9.80 Å². The van der Waals surface area contributed by atoms with Crippen molar-refractivity contribution in [1.29, 1.82) is 0 Å².